The van der Waals surface area contributed by atoms with Crippen molar-refractivity contribution < 1.29 is 13.9 Å². The topological polar surface area (TPSA) is 38.3 Å². The van der Waals surface area contributed by atoms with E-state index in [0.29, 0.717) is 13.2 Å². The monoisotopic (exact) mass is 223 g/mol. The summed E-state index contributed by atoms with van der Waals surface area (Å²) in [6.07, 6.45) is 0.0920. The molecule has 16 heavy (non-hydrogen) atoms. The highest BCUT2D eigenvalue weighted by molar-refractivity contribution is 5.96. The summed E-state index contributed by atoms with van der Waals surface area (Å²) in [6, 6.07) is 6.04. The summed E-state index contributed by atoms with van der Waals surface area (Å²) in [6.45, 7) is 2.07. The molecule has 3 nitrogen and oxygen atoms in total. The molecule has 1 atom stereocenters. The molecule has 1 fully saturated rings. The van der Waals surface area contributed by atoms with E-state index in [9.17, 15) is 9.18 Å². The lowest BCUT2D eigenvalue weighted by atomic mass is 10.0. The van der Waals surface area contributed by atoms with E-state index in [-0.39, 0.29) is 23.9 Å². The van der Waals surface area contributed by atoms with Gasteiger partial charge in [-0.25, -0.2) is 4.39 Å². The molecule has 0 aromatic heterocycles. The van der Waals surface area contributed by atoms with Crippen LogP contribution < -0.4 is 5.32 Å². The molecule has 2 rings (SSSR count). The maximum atomic E-state index is 13.3. The van der Waals surface area contributed by atoms with Crippen molar-refractivity contribution in [3.05, 3.63) is 35.6 Å². The third-order valence-electron chi connectivity index (χ3n) is 2.59. The van der Waals surface area contributed by atoms with Gasteiger partial charge in [0.1, 0.15) is 5.82 Å². The second-order valence-corrected chi connectivity index (χ2v) is 3.80. The number of ether oxygens (including phenoxy) is 1. The normalized spacial score (nSPS) is 20.7. The van der Waals surface area contributed by atoms with E-state index in [2.05, 4.69) is 5.32 Å². The van der Waals surface area contributed by atoms with Crippen molar-refractivity contribution in [3.63, 3.8) is 0 Å². The van der Waals surface area contributed by atoms with Gasteiger partial charge in [0.15, 0.2) is 5.78 Å². The standard InChI is InChI=1S/C12H14FNO2/c13-11-4-2-1-3-10(11)12(15)7-9-8-14-5-6-16-9/h1-4,9,14H,5-8H2. The first kappa shape index (κ1) is 11.2. The Labute approximate surface area is 93.6 Å². The van der Waals surface area contributed by atoms with Crippen LogP contribution in [0.15, 0.2) is 24.3 Å². The number of halogens is 1. The minimum Gasteiger partial charge on any atom is -0.375 e. The first-order chi connectivity index (χ1) is 7.77. The summed E-state index contributed by atoms with van der Waals surface area (Å²) in [4.78, 5) is 11.8. The fourth-order valence-electron chi connectivity index (χ4n) is 1.75. The van der Waals surface area contributed by atoms with Crippen molar-refractivity contribution in [2.24, 2.45) is 0 Å². The predicted octanol–water partition coefficient (Wildman–Crippen LogP) is 1.39. The van der Waals surface area contributed by atoms with Crippen molar-refractivity contribution in [3.8, 4) is 0 Å². The van der Waals surface area contributed by atoms with Gasteiger partial charge in [0.25, 0.3) is 0 Å². The molecule has 86 valence electrons. The first-order valence-electron chi connectivity index (χ1n) is 5.37. The Morgan fingerprint density at radius 1 is 1.50 bits per heavy atom. The van der Waals surface area contributed by atoms with Gasteiger partial charge in [-0.05, 0) is 12.1 Å². The largest absolute Gasteiger partial charge is 0.375 e. The van der Waals surface area contributed by atoms with Gasteiger partial charge in [-0.15, -0.1) is 0 Å². The lowest BCUT2D eigenvalue weighted by Gasteiger charge is -2.22. The van der Waals surface area contributed by atoms with Crippen LogP contribution in [0.4, 0.5) is 4.39 Å². The van der Waals surface area contributed by atoms with Gasteiger partial charge in [-0.1, -0.05) is 12.1 Å². The molecular weight excluding hydrogens is 209 g/mol. The quantitative estimate of drug-likeness (QED) is 0.787. The van der Waals surface area contributed by atoms with E-state index in [1.54, 1.807) is 12.1 Å². The van der Waals surface area contributed by atoms with Crippen molar-refractivity contribution in [2.45, 2.75) is 12.5 Å². The van der Waals surface area contributed by atoms with Crippen LogP contribution >= 0.6 is 0 Å². The van der Waals surface area contributed by atoms with Gasteiger partial charge < -0.3 is 10.1 Å². The van der Waals surface area contributed by atoms with Gasteiger partial charge >= 0.3 is 0 Å². The van der Waals surface area contributed by atoms with Crippen LogP contribution in [0, 0.1) is 5.82 Å². The molecule has 0 saturated carbocycles. The Kier molecular flexibility index (Phi) is 3.64. The highest BCUT2D eigenvalue weighted by Gasteiger charge is 2.19. The van der Waals surface area contributed by atoms with E-state index in [1.807, 2.05) is 0 Å². The number of benzene rings is 1. The molecule has 1 aliphatic rings. The van der Waals surface area contributed by atoms with Crippen molar-refractivity contribution in [1.82, 2.24) is 5.32 Å². The van der Waals surface area contributed by atoms with E-state index in [1.165, 1.54) is 12.1 Å². The summed E-state index contributed by atoms with van der Waals surface area (Å²) >= 11 is 0. The van der Waals surface area contributed by atoms with E-state index < -0.39 is 5.82 Å². The number of hydrogen-bond donors (Lipinski definition) is 1. The Morgan fingerprint density at radius 2 is 2.31 bits per heavy atom. The molecule has 0 aliphatic carbocycles. The molecular formula is C12H14FNO2. The third kappa shape index (κ3) is 2.65. The minimum absolute atomic E-state index is 0.138. The average molecular weight is 223 g/mol. The lowest BCUT2D eigenvalue weighted by molar-refractivity contribution is 0.0239. The Hall–Kier alpha value is -1.26. The molecule has 0 spiro atoms. The van der Waals surface area contributed by atoms with E-state index >= 15 is 0 Å². The van der Waals surface area contributed by atoms with Crippen LogP contribution in [0.1, 0.15) is 16.8 Å². The zero-order chi connectivity index (χ0) is 11.4. The lowest BCUT2D eigenvalue weighted by Crippen LogP contribution is -2.39. The fraction of sp³-hybridized carbons (Fsp3) is 0.417. The first-order valence-corrected chi connectivity index (χ1v) is 5.37. The molecule has 1 saturated heterocycles. The molecule has 1 aliphatic heterocycles. The number of ketones is 1. The second-order valence-electron chi connectivity index (χ2n) is 3.80. The van der Waals surface area contributed by atoms with Crippen LogP contribution in [-0.4, -0.2) is 31.6 Å². The number of rotatable bonds is 3. The Morgan fingerprint density at radius 3 is 3.00 bits per heavy atom. The van der Waals surface area contributed by atoms with Gasteiger partial charge in [0.2, 0.25) is 0 Å². The van der Waals surface area contributed by atoms with E-state index in [0.717, 1.165) is 6.54 Å². The SMILES string of the molecule is O=C(CC1CNCCO1)c1ccccc1F. The van der Waals surface area contributed by atoms with Crippen LogP contribution in [0.5, 0.6) is 0 Å². The maximum absolute atomic E-state index is 13.3. The summed E-state index contributed by atoms with van der Waals surface area (Å²) in [5.41, 5.74) is 0.150. The summed E-state index contributed by atoms with van der Waals surface area (Å²) in [5.74, 6) is -0.664. The number of carbonyl (C=O) groups excluding carboxylic acids is 1. The average Bonchev–Trinajstić information content (AvgIpc) is 2.31. The summed E-state index contributed by atoms with van der Waals surface area (Å²) < 4.78 is 18.7. The van der Waals surface area contributed by atoms with Crippen molar-refractivity contribution in [1.29, 1.82) is 0 Å². The zero-order valence-electron chi connectivity index (χ0n) is 8.91. The Bertz CT molecular complexity index is 375. The predicted molar refractivity (Wildman–Crippen MR) is 58.0 cm³/mol. The van der Waals surface area contributed by atoms with Crippen LogP contribution in [0.2, 0.25) is 0 Å². The molecule has 4 heteroatoms. The summed E-state index contributed by atoms with van der Waals surface area (Å²) in [5, 5.41) is 3.14. The molecule has 1 aromatic rings. The van der Waals surface area contributed by atoms with Crippen LogP contribution in [0.25, 0.3) is 0 Å². The molecule has 1 aromatic carbocycles. The smallest absolute Gasteiger partial charge is 0.168 e. The summed E-state index contributed by atoms with van der Waals surface area (Å²) in [7, 11) is 0. The highest BCUT2D eigenvalue weighted by atomic mass is 19.1. The minimum atomic E-state index is -0.462. The number of Topliss-reactive ketones (excluding diaryl/α,β-unsaturated/α-hetero) is 1. The van der Waals surface area contributed by atoms with Gasteiger partial charge in [-0.2, -0.15) is 0 Å². The third-order valence-corrected chi connectivity index (χ3v) is 2.59. The molecule has 0 radical (unpaired) electrons. The molecule has 0 bridgehead atoms. The van der Waals surface area contributed by atoms with Crippen molar-refractivity contribution >= 4 is 5.78 Å². The zero-order valence-corrected chi connectivity index (χ0v) is 8.91. The number of morpholine rings is 1. The molecule has 1 unspecified atom stereocenters. The number of hydrogen-bond acceptors (Lipinski definition) is 3. The maximum Gasteiger partial charge on any atom is 0.168 e. The number of carbonyl (C=O) groups is 1. The fourth-order valence-corrected chi connectivity index (χ4v) is 1.75. The molecule has 1 N–H and O–H groups in total. The Balaban J connectivity index is 2.00. The van der Waals surface area contributed by atoms with E-state index in [4.69, 9.17) is 4.74 Å². The van der Waals surface area contributed by atoms with Crippen LogP contribution in [0.3, 0.4) is 0 Å². The van der Waals surface area contributed by atoms with Gasteiger partial charge in [-0.3, -0.25) is 4.79 Å². The molecule has 0 amide bonds. The highest BCUT2D eigenvalue weighted by Crippen LogP contribution is 2.12. The molecule has 1 heterocycles. The number of nitrogens with one attached hydrogen (secondary N) is 1. The van der Waals surface area contributed by atoms with Crippen LogP contribution in [-0.2, 0) is 4.74 Å². The van der Waals surface area contributed by atoms with Gasteiger partial charge in [0.05, 0.1) is 18.3 Å². The second kappa shape index (κ2) is 5.18. The van der Waals surface area contributed by atoms with Crippen molar-refractivity contribution in [2.75, 3.05) is 19.7 Å². The van der Waals surface area contributed by atoms with Gasteiger partial charge in [0, 0.05) is 19.5 Å².